The Bertz CT molecular complexity index is 513. The molecular weight excluding hydrogens is 282 g/mol. The molecule has 2 aliphatic rings. The first-order valence-electron chi connectivity index (χ1n) is 7.84. The summed E-state index contributed by atoms with van der Waals surface area (Å²) in [4.78, 5) is 24.6. The van der Waals surface area contributed by atoms with E-state index in [1.165, 1.54) is 0 Å². The molecule has 120 valence electrons. The zero-order chi connectivity index (χ0) is 15.5. The van der Waals surface area contributed by atoms with E-state index in [9.17, 15) is 4.79 Å². The highest BCUT2D eigenvalue weighted by Gasteiger charge is 2.36. The van der Waals surface area contributed by atoms with Crippen molar-refractivity contribution in [1.29, 1.82) is 0 Å². The summed E-state index contributed by atoms with van der Waals surface area (Å²) in [6, 6.07) is 0.115. The summed E-state index contributed by atoms with van der Waals surface area (Å²) in [6.45, 7) is 1.60. The van der Waals surface area contributed by atoms with Crippen LogP contribution in [0.5, 0.6) is 0 Å². The highest BCUT2D eigenvalue weighted by molar-refractivity contribution is 5.89. The second-order valence-corrected chi connectivity index (χ2v) is 6.05. The minimum atomic E-state index is -0.0841. The maximum Gasteiger partial charge on any atom is 0.322 e. The van der Waals surface area contributed by atoms with Crippen molar-refractivity contribution in [3.8, 4) is 0 Å². The van der Waals surface area contributed by atoms with Gasteiger partial charge in [-0.25, -0.2) is 14.8 Å². The van der Waals surface area contributed by atoms with Crippen LogP contribution in [0.4, 0.5) is 16.4 Å². The first-order valence-corrected chi connectivity index (χ1v) is 7.84. The van der Waals surface area contributed by atoms with E-state index in [2.05, 4.69) is 15.3 Å². The molecule has 3 rings (SSSR count). The van der Waals surface area contributed by atoms with Crippen molar-refractivity contribution in [2.75, 3.05) is 37.5 Å². The fourth-order valence-corrected chi connectivity index (χ4v) is 3.15. The molecule has 0 radical (unpaired) electrons. The van der Waals surface area contributed by atoms with Crippen molar-refractivity contribution in [3.05, 3.63) is 12.4 Å². The van der Waals surface area contributed by atoms with Gasteiger partial charge in [-0.2, -0.15) is 0 Å². The summed E-state index contributed by atoms with van der Waals surface area (Å²) in [5.74, 6) is 0.622. The molecule has 0 unspecified atom stereocenters. The van der Waals surface area contributed by atoms with E-state index in [0.717, 1.165) is 38.8 Å². The van der Waals surface area contributed by atoms with E-state index in [-0.39, 0.29) is 18.2 Å². The predicted octanol–water partition coefficient (Wildman–Crippen LogP) is 1.72. The molecule has 0 aromatic carbocycles. The predicted molar refractivity (Wildman–Crippen MR) is 84.1 cm³/mol. The van der Waals surface area contributed by atoms with Gasteiger partial charge < -0.3 is 19.9 Å². The number of ether oxygens (including phenoxy) is 1. The van der Waals surface area contributed by atoms with Gasteiger partial charge in [0.15, 0.2) is 0 Å². The van der Waals surface area contributed by atoms with E-state index in [1.807, 2.05) is 23.9 Å². The quantitative estimate of drug-likeness (QED) is 0.920. The monoisotopic (exact) mass is 305 g/mol. The summed E-state index contributed by atoms with van der Waals surface area (Å²) < 4.78 is 5.76. The molecule has 1 aromatic heterocycles. The van der Waals surface area contributed by atoms with Crippen LogP contribution in [0, 0.1) is 0 Å². The number of anilines is 2. The van der Waals surface area contributed by atoms with E-state index in [1.54, 1.807) is 12.4 Å². The third-order valence-corrected chi connectivity index (χ3v) is 4.24. The van der Waals surface area contributed by atoms with Crippen LogP contribution in [-0.4, -0.2) is 60.3 Å². The molecule has 1 N–H and O–H groups in total. The number of aromatic nitrogens is 2. The zero-order valence-electron chi connectivity index (χ0n) is 13.2. The number of hydrogen-bond donors (Lipinski definition) is 1. The zero-order valence-corrected chi connectivity index (χ0v) is 13.2. The number of hydrogen-bond acceptors (Lipinski definition) is 5. The summed E-state index contributed by atoms with van der Waals surface area (Å²) >= 11 is 0. The molecule has 2 fully saturated rings. The van der Waals surface area contributed by atoms with Crippen LogP contribution in [0.15, 0.2) is 12.4 Å². The average molecular weight is 305 g/mol. The molecule has 2 atom stereocenters. The smallest absolute Gasteiger partial charge is 0.322 e. The summed E-state index contributed by atoms with van der Waals surface area (Å²) in [5.41, 5.74) is 0.619. The Morgan fingerprint density at radius 3 is 2.73 bits per heavy atom. The van der Waals surface area contributed by atoms with Crippen LogP contribution in [0.2, 0.25) is 0 Å². The molecule has 1 aromatic rings. The number of urea groups is 1. The number of amides is 2. The third-order valence-electron chi connectivity index (χ3n) is 4.24. The fourth-order valence-electron chi connectivity index (χ4n) is 3.15. The molecule has 0 spiro atoms. The molecule has 2 saturated heterocycles. The third kappa shape index (κ3) is 3.14. The van der Waals surface area contributed by atoms with Crippen LogP contribution < -0.4 is 10.2 Å². The standard InChI is InChI=1S/C15H23N5O2/c1-19(2)14-16-9-11(10-17-14)18-15(21)20-7-3-5-12(20)13-6-4-8-22-13/h9-10,12-13H,3-8H2,1-2H3,(H,18,21)/t12-,13-/m1/s1. The Kier molecular flexibility index (Phi) is 4.42. The van der Waals surface area contributed by atoms with Gasteiger partial charge in [0, 0.05) is 27.2 Å². The average Bonchev–Trinajstić information content (AvgIpc) is 3.18. The minimum Gasteiger partial charge on any atom is -0.376 e. The van der Waals surface area contributed by atoms with Gasteiger partial charge in [-0.3, -0.25) is 0 Å². The topological polar surface area (TPSA) is 70.6 Å². The van der Waals surface area contributed by atoms with E-state index in [4.69, 9.17) is 4.74 Å². The van der Waals surface area contributed by atoms with Gasteiger partial charge in [0.25, 0.3) is 0 Å². The number of likely N-dealkylation sites (tertiary alicyclic amines) is 1. The van der Waals surface area contributed by atoms with Crippen molar-refractivity contribution in [3.63, 3.8) is 0 Å². The van der Waals surface area contributed by atoms with Gasteiger partial charge >= 0.3 is 6.03 Å². The van der Waals surface area contributed by atoms with Gasteiger partial charge in [-0.05, 0) is 25.7 Å². The van der Waals surface area contributed by atoms with Crippen LogP contribution in [0.1, 0.15) is 25.7 Å². The molecule has 2 aliphatic heterocycles. The van der Waals surface area contributed by atoms with Gasteiger partial charge in [0.05, 0.1) is 30.2 Å². The Morgan fingerprint density at radius 1 is 1.32 bits per heavy atom. The normalized spacial score (nSPS) is 24.5. The first kappa shape index (κ1) is 15.0. The molecule has 7 heteroatoms. The van der Waals surface area contributed by atoms with E-state index in [0.29, 0.717) is 11.6 Å². The van der Waals surface area contributed by atoms with Crippen molar-refractivity contribution in [2.45, 2.75) is 37.8 Å². The number of carbonyl (C=O) groups is 1. The molecule has 7 nitrogen and oxygen atoms in total. The van der Waals surface area contributed by atoms with Gasteiger partial charge in [-0.15, -0.1) is 0 Å². The molecule has 0 bridgehead atoms. The Morgan fingerprint density at radius 2 is 2.09 bits per heavy atom. The largest absolute Gasteiger partial charge is 0.376 e. The van der Waals surface area contributed by atoms with Crippen molar-refractivity contribution < 1.29 is 9.53 Å². The van der Waals surface area contributed by atoms with E-state index >= 15 is 0 Å². The van der Waals surface area contributed by atoms with Crippen LogP contribution >= 0.6 is 0 Å². The van der Waals surface area contributed by atoms with Gasteiger partial charge in [0.1, 0.15) is 0 Å². The number of nitrogens with one attached hydrogen (secondary N) is 1. The summed E-state index contributed by atoms with van der Waals surface area (Å²) in [7, 11) is 3.76. The van der Waals surface area contributed by atoms with E-state index < -0.39 is 0 Å². The number of nitrogens with zero attached hydrogens (tertiary/aromatic N) is 4. The van der Waals surface area contributed by atoms with Crippen molar-refractivity contribution in [1.82, 2.24) is 14.9 Å². The molecule has 0 saturated carbocycles. The second kappa shape index (κ2) is 6.48. The summed E-state index contributed by atoms with van der Waals surface area (Å²) in [6.07, 6.45) is 7.67. The van der Waals surface area contributed by atoms with Crippen LogP contribution in [0.3, 0.4) is 0 Å². The highest BCUT2D eigenvalue weighted by atomic mass is 16.5. The van der Waals surface area contributed by atoms with Crippen molar-refractivity contribution >= 4 is 17.7 Å². The molecule has 2 amide bonds. The van der Waals surface area contributed by atoms with Crippen LogP contribution in [-0.2, 0) is 4.74 Å². The molecule has 0 aliphatic carbocycles. The molecule has 3 heterocycles. The lowest BCUT2D eigenvalue weighted by atomic mass is 10.1. The number of carbonyl (C=O) groups excluding carboxylic acids is 1. The van der Waals surface area contributed by atoms with Crippen molar-refractivity contribution in [2.24, 2.45) is 0 Å². The van der Waals surface area contributed by atoms with Gasteiger partial charge in [0.2, 0.25) is 5.95 Å². The highest BCUT2D eigenvalue weighted by Crippen LogP contribution is 2.28. The van der Waals surface area contributed by atoms with Gasteiger partial charge in [-0.1, -0.05) is 0 Å². The maximum atomic E-state index is 12.5. The lowest BCUT2D eigenvalue weighted by Gasteiger charge is -2.28. The Balaban J connectivity index is 1.63. The Hall–Kier alpha value is -1.89. The molecular formula is C15H23N5O2. The first-order chi connectivity index (χ1) is 10.6. The SMILES string of the molecule is CN(C)c1ncc(NC(=O)N2CCC[C@@H]2[C@H]2CCCO2)cn1. The molecule has 22 heavy (non-hydrogen) atoms. The second-order valence-electron chi connectivity index (χ2n) is 6.05. The minimum absolute atomic E-state index is 0.0841. The Labute approximate surface area is 130 Å². The van der Waals surface area contributed by atoms with Crippen LogP contribution in [0.25, 0.3) is 0 Å². The summed E-state index contributed by atoms with van der Waals surface area (Å²) in [5, 5.41) is 2.89. The number of rotatable bonds is 3. The maximum absolute atomic E-state index is 12.5. The fraction of sp³-hybridized carbons (Fsp3) is 0.667. The lowest BCUT2D eigenvalue weighted by molar-refractivity contribution is 0.0543. The lowest BCUT2D eigenvalue weighted by Crippen LogP contribution is -2.44.